The Balaban J connectivity index is 1.58. The van der Waals surface area contributed by atoms with Gasteiger partial charge in [0.15, 0.2) is 0 Å². The number of pyridine rings is 1. The number of hydrogen-bond acceptors (Lipinski definition) is 5. The van der Waals surface area contributed by atoms with E-state index in [4.69, 9.17) is 11.0 Å². The van der Waals surface area contributed by atoms with Crippen LogP contribution in [0.1, 0.15) is 6.42 Å². The first kappa shape index (κ1) is 17.0. The number of carbonyl (C=O) groups is 1. The number of carbonyl (C=O) groups excluding carboxylic acids is 1. The van der Waals surface area contributed by atoms with E-state index in [1.165, 1.54) is 0 Å². The number of H-pyrrole nitrogens is 1. The molecule has 1 fully saturated rings. The van der Waals surface area contributed by atoms with Gasteiger partial charge in [0.25, 0.3) is 0 Å². The molecule has 2 aromatic heterocycles. The lowest BCUT2D eigenvalue weighted by Gasteiger charge is -2.10. The Kier molecular flexibility index (Phi) is 3.64. The molecular weight excluding hydrogens is 368 g/mol. The van der Waals surface area contributed by atoms with Crippen LogP contribution in [0, 0.1) is 23.2 Å². The number of anilines is 2. The number of imidazole rings is 1. The summed E-state index contributed by atoms with van der Waals surface area (Å²) < 4.78 is 1.56. The van der Waals surface area contributed by atoms with Crippen molar-refractivity contribution in [2.24, 2.45) is 11.8 Å². The second-order valence-electron chi connectivity index (χ2n) is 7.18. The van der Waals surface area contributed by atoms with Gasteiger partial charge in [-0.3, -0.25) is 9.36 Å². The van der Waals surface area contributed by atoms with Gasteiger partial charge in [-0.05, 0) is 42.1 Å². The second-order valence-corrected chi connectivity index (χ2v) is 7.18. The van der Waals surface area contributed by atoms with E-state index in [1.807, 2.05) is 30.3 Å². The van der Waals surface area contributed by atoms with Crippen molar-refractivity contribution >= 4 is 39.2 Å². The Hall–Kier alpha value is -4.12. The van der Waals surface area contributed by atoms with Gasteiger partial charge in [-0.25, -0.2) is 9.78 Å². The van der Waals surface area contributed by atoms with E-state index in [0.717, 1.165) is 21.8 Å². The quantitative estimate of drug-likeness (QED) is 0.467. The first-order chi connectivity index (χ1) is 14.0. The lowest BCUT2D eigenvalue weighted by Crippen LogP contribution is -2.16. The maximum absolute atomic E-state index is 12.5. The standard InChI is InChI=1S/C21H16N6O2/c22-9-12-6-14(12)20(28)26-19-7-11-5-13(8-16(23)15(11)10-24-19)27-18-4-2-1-3-17(18)25-21(27)29/h1-5,7-8,10,12,14H,6,23H2,(H,25,29)(H,24,26,28). The molecule has 0 bridgehead atoms. The number of aromatic amines is 1. The average Bonchev–Trinajstić information content (AvgIpc) is 3.42. The number of nitrogens with one attached hydrogen (secondary N) is 2. The van der Waals surface area contributed by atoms with Crippen molar-refractivity contribution in [1.82, 2.24) is 14.5 Å². The third kappa shape index (κ3) is 2.80. The Morgan fingerprint density at radius 2 is 2.14 bits per heavy atom. The Morgan fingerprint density at radius 1 is 1.31 bits per heavy atom. The highest BCUT2D eigenvalue weighted by Gasteiger charge is 2.43. The summed E-state index contributed by atoms with van der Waals surface area (Å²) >= 11 is 0. The van der Waals surface area contributed by atoms with E-state index >= 15 is 0 Å². The molecule has 8 heteroatoms. The van der Waals surface area contributed by atoms with E-state index in [2.05, 4.69) is 21.4 Å². The van der Waals surface area contributed by atoms with Gasteiger partial charge < -0.3 is 16.0 Å². The average molecular weight is 384 g/mol. The van der Waals surface area contributed by atoms with Crippen molar-refractivity contribution in [3.8, 4) is 11.8 Å². The normalized spacial score (nSPS) is 17.9. The van der Waals surface area contributed by atoms with Crippen LogP contribution in [0.5, 0.6) is 0 Å². The topological polar surface area (TPSA) is 130 Å². The third-order valence-electron chi connectivity index (χ3n) is 5.25. The molecule has 2 aromatic carbocycles. The number of aromatic nitrogens is 3. The Morgan fingerprint density at radius 3 is 2.93 bits per heavy atom. The molecule has 29 heavy (non-hydrogen) atoms. The van der Waals surface area contributed by atoms with Gasteiger partial charge in [0.2, 0.25) is 5.91 Å². The molecule has 2 atom stereocenters. The van der Waals surface area contributed by atoms with Crippen molar-refractivity contribution in [2.75, 3.05) is 11.1 Å². The fourth-order valence-electron chi connectivity index (χ4n) is 3.62. The van der Waals surface area contributed by atoms with Crippen molar-refractivity contribution in [1.29, 1.82) is 5.26 Å². The first-order valence-corrected chi connectivity index (χ1v) is 9.15. The highest BCUT2D eigenvalue weighted by atomic mass is 16.2. The predicted octanol–water partition coefficient (Wildman–Crippen LogP) is 2.55. The molecule has 0 saturated heterocycles. The van der Waals surface area contributed by atoms with E-state index in [-0.39, 0.29) is 23.4 Å². The Bertz CT molecular complexity index is 1390. The molecule has 1 amide bonds. The number of hydrogen-bond donors (Lipinski definition) is 3. The minimum Gasteiger partial charge on any atom is -0.398 e. The zero-order valence-electron chi connectivity index (χ0n) is 15.2. The number of nitriles is 1. The van der Waals surface area contributed by atoms with Gasteiger partial charge in [0, 0.05) is 17.3 Å². The van der Waals surface area contributed by atoms with Crippen molar-refractivity contribution in [3.05, 3.63) is 59.1 Å². The summed E-state index contributed by atoms with van der Waals surface area (Å²) in [5.74, 6) is -0.320. The number of rotatable bonds is 3. The first-order valence-electron chi connectivity index (χ1n) is 9.15. The maximum atomic E-state index is 12.5. The van der Waals surface area contributed by atoms with Crippen LogP contribution >= 0.6 is 0 Å². The molecule has 0 spiro atoms. The number of amides is 1. The third-order valence-corrected chi connectivity index (χ3v) is 5.25. The molecule has 0 aliphatic heterocycles. The summed E-state index contributed by atoms with van der Waals surface area (Å²) in [7, 11) is 0. The number of nitrogen functional groups attached to an aromatic ring is 1. The number of fused-ring (bicyclic) bond motifs is 2. The van der Waals surface area contributed by atoms with Crippen LogP contribution in [0.2, 0.25) is 0 Å². The fourth-order valence-corrected chi connectivity index (χ4v) is 3.62. The molecule has 5 rings (SSSR count). The van der Waals surface area contributed by atoms with Gasteiger partial charge in [-0.15, -0.1) is 0 Å². The molecule has 8 nitrogen and oxygen atoms in total. The van der Waals surface area contributed by atoms with Crippen LogP contribution in [0.25, 0.3) is 27.5 Å². The monoisotopic (exact) mass is 384 g/mol. The van der Waals surface area contributed by atoms with Crippen molar-refractivity contribution < 1.29 is 4.79 Å². The molecule has 142 valence electrons. The van der Waals surface area contributed by atoms with E-state index in [9.17, 15) is 9.59 Å². The zero-order chi connectivity index (χ0) is 20.1. The highest BCUT2D eigenvalue weighted by Crippen LogP contribution is 2.38. The molecule has 4 N–H and O–H groups in total. The molecule has 1 aliphatic rings. The van der Waals surface area contributed by atoms with Crippen LogP contribution < -0.4 is 16.7 Å². The van der Waals surface area contributed by atoms with E-state index < -0.39 is 0 Å². The zero-order valence-corrected chi connectivity index (χ0v) is 15.2. The molecule has 4 aromatic rings. The van der Waals surface area contributed by atoms with Crippen molar-refractivity contribution in [2.45, 2.75) is 6.42 Å². The molecule has 0 radical (unpaired) electrons. The maximum Gasteiger partial charge on any atom is 0.331 e. The van der Waals surface area contributed by atoms with Crippen molar-refractivity contribution in [3.63, 3.8) is 0 Å². The summed E-state index contributed by atoms with van der Waals surface area (Å²) in [6.07, 6.45) is 2.17. The summed E-state index contributed by atoms with van der Waals surface area (Å²) in [5, 5.41) is 13.1. The molecule has 1 aliphatic carbocycles. The smallest absolute Gasteiger partial charge is 0.331 e. The van der Waals surface area contributed by atoms with Gasteiger partial charge in [-0.2, -0.15) is 5.26 Å². The summed E-state index contributed by atoms with van der Waals surface area (Å²) in [5.41, 5.74) is 8.53. The van der Waals surface area contributed by atoms with Gasteiger partial charge >= 0.3 is 5.69 Å². The van der Waals surface area contributed by atoms with Gasteiger partial charge in [0.1, 0.15) is 5.82 Å². The minimum absolute atomic E-state index is 0.208. The van der Waals surface area contributed by atoms with Crippen LogP contribution in [-0.4, -0.2) is 20.4 Å². The number of nitrogens with zero attached hydrogens (tertiary/aromatic N) is 3. The number of nitrogens with two attached hydrogens (primary N) is 1. The summed E-state index contributed by atoms with van der Waals surface area (Å²) in [6.45, 7) is 0. The SMILES string of the molecule is N#CC1CC1C(=O)Nc1cc2cc(-n3c(=O)[nH]c4ccccc43)cc(N)c2cn1. The van der Waals surface area contributed by atoms with Crippen LogP contribution in [-0.2, 0) is 4.79 Å². The van der Waals surface area contributed by atoms with E-state index in [0.29, 0.717) is 23.6 Å². The molecule has 2 unspecified atom stereocenters. The van der Waals surface area contributed by atoms with Gasteiger partial charge in [-0.1, -0.05) is 12.1 Å². The van der Waals surface area contributed by atoms with Crippen LogP contribution in [0.15, 0.2) is 53.5 Å². The second kappa shape index (κ2) is 6.21. The lowest BCUT2D eigenvalue weighted by atomic mass is 10.1. The molecule has 2 heterocycles. The lowest BCUT2D eigenvalue weighted by molar-refractivity contribution is -0.117. The summed E-state index contributed by atoms with van der Waals surface area (Å²) in [4.78, 5) is 31.8. The largest absolute Gasteiger partial charge is 0.398 e. The summed E-state index contributed by atoms with van der Waals surface area (Å²) in [6, 6.07) is 14.8. The molecule has 1 saturated carbocycles. The van der Waals surface area contributed by atoms with Crippen LogP contribution in [0.4, 0.5) is 11.5 Å². The van der Waals surface area contributed by atoms with Crippen LogP contribution in [0.3, 0.4) is 0 Å². The highest BCUT2D eigenvalue weighted by molar-refractivity contribution is 5.99. The minimum atomic E-state index is -0.279. The predicted molar refractivity (Wildman–Crippen MR) is 109 cm³/mol. The number of para-hydroxylation sites is 2. The Labute approximate surface area is 164 Å². The molecular formula is C21H16N6O2. The number of benzene rings is 2. The van der Waals surface area contributed by atoms with E-state index in [1.54, 1.807) is 22.9 Å². The fraction of sp³-hybridized carbons (Fsp3) is 0.143. The van der Waals surface area contributed by atoms with Gasteiger partial charge in [0.05, 0.1) is 34.6 Å².